The van der Waals surface area contributed by atoms with Gasteiger partial charge in [0.2, 0.25) is 0 Å². The Balaban J connectivity index is 3.12. The third kappa shape index (κ3) is 7.74. The van der Waals surface area contributed by atoms with Crippen LogP contribution in [0.2, 0.25) is 0 Å². The quantitative estimate of drug-likeness (QED) is 0.522. The molecule has 0 aliphatic carbocycles. The van der Waals surface area contributed by atoms with Gasteiger partial charge in [-0.1, -0.05) is 39.8 Å². The standard InChI is InChI=1S/C10H19/c1-5-6-7-8-9-10(2,3)4/h1,5H,6-9H2,2-4H3. The first-order valence-corrected chi connectivity index (χ1v) is 4.10. The predicted octanol–water partition coefficient (Wildman–Crippen LogP) is 3.58. The summed E-state index contributed by atoms with van der Waals surface area (Å²) in [4.78, 5) is 0. The fourth-order valence-electron chi connectivity index (χ4n) is 0.918. The molecule has 0 fully saturated rings. The van der Waals surface area contributed by atoms with Crippen LogP contribution in [0.3, 0.4) is 0 Å². The van der Waals surface area contributed by atoms with Gasteiger partial charge in [0.1, 0.15) is 0 Å². The van der Waals surface area contributed by atoms with Gasteiger partial charge in [-0.25, -0.2) is 0 Å². The topological polar surface area (TPSA) is 0 Å². The monoisotopic (exact) mass is 139 g/mol. The highest BCUT2D eigenvalue weighted by Gasteiger charge is 2.07. The molecule has 0 aliphatic rings. The van der Waals surface area contributed by atoms with Crippen molar-refractivity contribution in [1.82, 2.24) is 0 Å². The maximum absolute atomic E-state index is 5.25. The van der Waals surface area contributed by atoms with Crippen molar-refractivity contribution < 1.29 is 0 Å². The average Bonchev–Trinajstić information content (AvgIpc) is 1.78. The molecule has 0 heteroatoms. The molecule has 0 N–H and O–H groups in total. The first-order chi connectivity index (χ1) is 4.56. The fourth-order valence-corrected chi connectivity index (χ4v) is 0.918. The third-order valence-electron chi connectivity index (χ3n) is 1.55. The Morgan fingerprint density at radius 3 is 2.20 bits per heavy atom. The van der Waals surface area contributed by atoms with Gasteiger partial charge in [0.15, 0.2) is 0 Å². The molecule has 0 rings (SSSR count). The molecule has 0 saturated heterocycles. The van der Waals surface area contributed by atoms with E-state index in [1.807, 2.05) is 0 Å². The van der Waals surface area contributed by atoms with Gasteiger partial charge in [-0.05, 0) is 24.7 Å². The first kappa shape index (κ1) is 9.74. The van der Waals surface area contributed by atoms with E-state index in [-0.39, 0.29) is 0 Å². The summed E-state index contributed by atoms with van der Waals surface area (Å²) in [5.41, 5.74) is 0.495. The molecule has 59 valence electrons. The summed E-state index contributed by atoms with van der Waals surface area (Å²) in [7, 11) is 0. The van der Waals surface area contributed by atoms with E-state index in [0.717, 1.165) is 6.42 Å². The highest BCUT2D eigenvalue weighted by Crippen LogP contribution is 2.21. The van der Waals surface area contributed by atoms with E-state index >= 15 is 0 Å². The minimum atomic E-state index is 0.495. The summed E-state index contributed by atoms with van der Waals surface area (Å²) in [6, 6.07) is 0. The molecule has 0 bridgehead atoms. The van der Waals surface area contributed by atoms with Crippen LogP contribution in [0, 0.1) is 12.0 Å². The van der Waals surface area contributed by atoms with Crippen LogP contribution in [-0.2, 0) is 0 Å². The SMILES string of the molecule is [CH]=CCCCCC(C)(C)C. The average molecular weight is 139 g/mol. The Morgan fingerprint density at radius 1 is 1.20 bits per heavy atom. The smallest absolute Gasteiger partial charge is 0.0348 e. The predicted molar refractivity (Wildman–Crippen MR) is 46.8 cm³/mol. The Kier molecular flexibility index (Phi) is 4.42. The van der Waals surface area contributed by atoms with E-state index in [1.54, 1.807) is 6.08 Å². The molecule has 0 atom stereocenters. The van der Waals surface area contributed by atoms with Crippen LogP contribution in [-0.4, -0.2) is 0 Å². The molecule has 0 aliphatic heterocycles. The summed E-state index contributed by atoms with van der Waals surface area (Å²) in [5, 5.41) is 0. The lowest BCUT2D eigenvalue weighted by molar-refractivity contribution is 0.361. The van der Waals surface area contributed by atoms with Crippen LogP contribution < -0.4 is 0 Å². The number of rotatable bonds is 4. The number of hydrogen-bond donors (Lipinski definition) is 0. The van der Waals surface area contributed by atoms with Crippen molar-refractivity contribution in [2.75, 3.05) is 0 Å². The lowest BCUT2D eigenvalue weighted by Gasteiger charge is -2.16. The van der Waals surface area contributed by atoms with Crippen molar-refractivity contribution in [1.29, 1.82) is 0 Å². The van der Waals surface area contributed by atoms with E-state index < -0.39 is 0 Å². The van der Waals surface area contributed by atoms with Crippen LogP contribution in [0.5, 0.6) is 0 Å². The molecule has 0 unspecified atom stereocenters. The van der Waals surface area contributed by atoms with Gasteiger partial charge in [-0.15, -0.1) is 0 Å². The minimum absolute atomic E-state index is 0.495. The molecule has 0 saturated carbocycles. The lowest BCUT2D eigenvalue weighted by atomic mass is 9.89. The van der Waals surface area contributed by atoms with Crippen LogP contribution in [0.25, 0.3) is 0 Å². The Morgan fingerprint density at radius 2 is 1.80 bits per heavy atom. The van der Waals surface area contributed by atoms with E-state index in [9.17, 15) is 0 Å². The van der Waals surface area contributed by atoms with Gasteiger partial charge in [-0.3, -0.25) is 0 Å². The van der Waals surface area contributed by atoms with Gasteiger partial charge in [0.05, 0.1) is 0 Å². The van der Waals surface area contributed by atoms with Crippen molar-refractivity contribution in [3.05, 3.63) is 12.7 Å². The Bertz CT molecular complexity index is 84.7. The summed E-state index contributed by atoms with van der Waals surface area (Å²) in [5.74, 6) is 0. The molecule has 0 aromatic heterocycles. The second kappa shape index (κ2) is 4.54. The molecular formula is C10H19. The molecule has 0 nitrogen and oxygen atoms in total. The zero-order valence-electron chi connectivity index (χ0n) is 7.48. The van der Waals surface area contributed by atoms with Crippen LogP contribution in [0.15, 0.2) is 6.08 Å². The van der Waals surface area contributed by atoms with E-state index in [4.69, 9.17) is 6.58 Å². The summed E-state index contributed by atoms with van der Waals surface area (Å²) < 4.78 is 0. The maximum Gasteiger partial charge on any atom is -0.0348 e. The molecule has 0 amide bonds. The van der Waals surface area contributed by atoms with Crippen LogP contribution >= 0.6 is 0 Å². The largest absolute Gasteiger partial charge is 0.0845 e. The van der Waals surface area contributed by atoms with Crippen LogP contribution in [0.1, 0.15) is 46.5 Å². The Hall–Kier alpha value is -0.260. The molecule has 0 aromatic carbocycles. The van der Waals surface area contributed by atoms with Crippen molar-refractivity contribution in [2.45, 2.75) is 46.5 Å². The highest BCUT2D eigenvalue weighted by molar-refractivity contribution is 4.65. The van der Waals surface area contributed by atoms with Gasteiger partial charge < -0.3 is 0 Å². The van der Waals surface area contributed by atoms with Gasteiger partial charge in [-0.2, -0.15) is 0 Å². The third-order valence-corrected chi connectivity index (χ3v) is 1.55. The second-order valence-electron chi connectivity index (χ2n) is 4.04. The molecule has 0 spiro atoms. The van der Waals surface area contributed by atoms with Gasteiger partial charge in [0.25, 0.3) is 0 Å². The molecule has 1 radical (unpaired) electrons. The normalized spacial score (nSPS) is 11.5. The van der Waals surface area contributed by atoms with E-state index in [2.05, 4.69) is 20.8 Å². The lowest BCUT2D eigenvalue weighted by Crippen LogP contribution is -2.03. The van der Waals surface area contributed by atoms with Crippen molar-refractivity contribution in [2.24, 2.45) is 5.41 Å². The van der Waals surface area contributed by atoms with Crippen molar-refractivity contribution in [3.8, 4) is 0 Å². The number of hydrogen-bond acceptors (Lipinski definition) is 0. The molecule has 10 heavy (non-hydrogen) atoms. The second-order valence-corrected chi connectivity index (χ2v) is 4.04. The molecular weight excluding hydrogens is 120 g/mol. The zero-order valence-corrected chi connectivity index (χ0v) is 7.48. The number of allylic oxidation sites excluding steroid dienone is 1. The van der Waals surface area contributed by atoms with Gasteiger partial charge >= 0.3 is 0 Å². The summed E-state index contributed by atoms with van der Waals surface area (Å²) in [6.45, 7) is 12.1. The van der Waals surface area contributed by atoms with E-state index in [0.29, 0.717) is 5.41 Å². The highest BCUT2D eigenvalue weighted by atomic mass is 14.1. The molecule has 0 heterocycles. The molecule has 0 aromatic rings. The maximum atomic E-state index is 5.25. The summed E-state index contributed by atoms with van der Waals surface area (Å²) >= 11 is 0. The van der Waals surface area contributed by atoms with Crippen LogP contribution in [0.4, 0.5) is 0 Å². The Labute approximate surface area is 65.3 Å². The minimum Gasteiger partial charge on any atom is -0.0845 e. The van der Waals surface area contributed by atoms with E-state index in [1.165, 1.54) is 19.3 Å². The summed E-state index contributed by atoms with van der Waals surface area (Å²) in [6.07, 6.45) is 6.67. The van der Waals surface area contributed by atoms with Crippen molar-refractivity contribution >= 4 is 0 Å². The first-order valence-electron chi connectivity index (χ1n) is 4.10. The van der Waals surface area contributed by atoms with Gasteiger partial charge in [0, 0.05) is 0 Å². The van der Waals surface area contributed by atoms with Crippen molar-refractivity contribution in [3.63, 3.8) is 0 Å². The zero-order chi connectivity index (χ0) is 8.04. The fraction of sp³-hybridized carbons (Fsp3) is 0.800. The number of unbranched alkanes of at least 4 members (excludes halogenated alkanes) is 2.